The molecule has 1 atom stereocenters. The first-order chi connectivity index (χ1) is 16.0. The third kappa shape index (κ3) is 7.64. The number of carbonyl (C=O) groups excluding carboxylic acids is 4. The summed E-state index contributed by atoms with van der Waals surface area (Å²) in [5.74, 6) is -1.38. The highest BCUT2D eigenvalue weighted by Crippen LogP contribution is 2.19. The van der Waals surface area contributed by atoms with Gasteiger partial charge in [0.05, 0.1) is 6.54 Å². The van der Waals surface area contributed by atoms with Gasteiger partial charge in [-0.05, 0) is 24.0 Å². The van der Waals surface area contributed by atoms with Crippen LogP contribution in [0.4, 0.5) is 4.79 Å². The normalized spacial score (nSPS) is 14.9. The van der Waals surface area contributed by atoms with Crippen molar-refractivity contribution in [3.8, 4) is 0 Å². The zero-order valence-corrected chi connectivity index (χ0v) is 18.2. The van der Waals surface area contributed by atoms with Crippen molar-refractivity contribution >= 4 is 23.9 Å². The van der Waals surface area contributed by atoms with E-state index in [0.29, 0.717) is 19.4 Å². The third-order valence-corrected chi connectivity index (χ3v) is 5.11. The van der Waals surface area contributed by atoms with Crippen LogP contribution in [0.15, 0.2) is 60.7 Å². The van der Waals surface area contributed by atoms with Crippen LogP contribution >= 0.6 is 0 Å². The highest BCUT2D eigenvalue weighted by molar-refractivity contribution is 5.90. The molecule has 0 aromatic heterocycles. The predicted octanol–water partition coefficient (Wildman–Crippen LogP) is 1.76. The Labute approximate surface area is 192 Å². The van der Waals surface area contributed by atoms with E-state index in [2.05, 4.69) is 10.6 Å². The molecule has 2 aromatic rings. The van der Waals surface area contributed by atoms with E-state index < -0.39 is 24.0 Å². The Bertz CT molecular complexity index is 951. The van der Waals surface area contributed by atoms with Crippen molar-refractivity contribution in [1.29, 1.82) is 0 Å². The Hall–Kier alpha value is -3.88. The maximum Gasteiger partial charge on any atom is 0.407 e. The van der Waals surface area contributed by atoms with Crippen LogP contribution in [0.3, 0.4) is 0 Å². The standard InChI is InChI=1S/C24H27N3O6/c28-21(14-26-24(31)33-17-19-10-5-2-6-11-19)25-15-22(29)27-13-7-12-20(27)23(30)32-16-18-8-3-1-4-9-18/h1-6,8-11,20H,7,12-17H2,(H,25,28)(H,26,31)/t20-/m0/s1. The fourth-order valence-corrected chi connectivity index (χ4v) is 3.40. The van der Waals surface area contributed by atoms with Gasteiger partial charge in [0.25, 0.3) is 0 Å². The molecule has 2 aromatic carbocycles. The molecule has 9 heteroatoms. The van der Waals surface area contributed by atoms with Crippen molar-refractivity contribution in [3.63, 3.8) is 0 Å². The van der Waals surface area contributed by atoms with E-state index in [9.17, 15) is 19.2 Å². The van der Waals surface area contributed by atoms with Gasteiger partial charge in [0.2, 0.25) is 11.8 Å². The lowest BCUT2D eigenvalue weighted by Crippen LogP contribution is -2.47. The average Bonchev–Trinajstić information content (AvgIpc) is 3.35. The van der Waals surface area contributed by atoms with Gasteiger partial charge in [-0.25, -0.2) is 9.59 Å². The quantitative estimate of drug-likeness (QED) is 0.560. The van der Waals surface area contributed by atoms with E-state index in [1.165, 1.54) is 4.90 Å². The Morgan fingerprint density at radius 1 is 0.818 bits per heavy atom. The summed E-state index contributed by atoms with van der Waals surface area (Å²) in [5.41, 5.74) is 1.69. The van der Waals surface area contributed by atoms with Gasteiger partial charge in [-0.3, -0.25) is 9.59 Å². The summed E-state index contributed by atoms with van der Waals surface area (Å²) in [4.78, 5) is 50.1. The first kappa shape index (κ1) is 23.8. The lowest BCUT2D eigenvalue weighted by Gasteiger charge is -2.23. The number of alkyl carbamates (subject to hydrolysis) is 1. The van der Waals surface area contributed by atoms with Crippen molar-refractivity contribution in [2.24, 2.45) is 0 Å². The number of likely N-dealkylation sites (tertiary alicyclic amines) is 1. The van der Waals surface area contributed by atoms with E-state index in [1.54, 1.807) is 0 Å². The summed E-state index contributed by atoms with van der Waals surface area (Å²) in [6.07, 6.45) is 0.461. The van der Waals surface area contributed by atoms with Crippen molar-refractivity contribution in [2.45, 2.75) is 32.1 Å². The molecular weight excluding hydrogens is 426 g/mol. The van der Waals surface area contributed by atoms with E-state index >= 15 is 0 Å². The Balaban J connectivity index is 1.35. The number of amides is 3. The summed E-state index contributed by atoms with van der Waals surface area (Å²) in [6.45, 7) is 0.0415. The third-order valence-electron chi connectivity index (χ3n) is 5.11. The molecule has 1 fully saturated rings. The number of carbonyl (C=O) groups is 4. The molecule has 3 rings (SSSR count). The molecule has 0 aliphatic carbocycles. The summed E-state index contributed by atoms with van der Waals surface area (Å²) in [5, 5.41) is 4.79. The Morgan fingerprint density at radius 3 is 2.06 bits per heavy atom. The molecule has 0 spiro atoms. The molecule has 1 saturated heterocycles. The van der Waals surface area contributed by atoms with Crippen LogP contribution in [0.1, 0.15) is 24.0 Å². The number of benzene rings is 2. The molecule has 1 aliphatic rings. The highest BCUT2D eigenvalue weighted by Gasteiger charge is 2.35. The van der Waals surface area contributed by atoms with Crippen molar-refractivity contribution in [2.75, 3.05) is 19.6 Å². The molecular formula is C24H27N3O6. The topological polar surface area (TPSA) is 114 Å². The van der Waals surface area contributed by atoms with Crippen LogP contribution in [0.5, 0.6) is 0 Å². The first-order valence-electron chi connectivity index (χ1n) is 10.7. The summed E-state index contributed by atoms with van der Waals surface area (Å²) < 4.78 is 10.4. The van der Waals surface area contributed by atoms with Crippen molar-refractivity contribution in [3.05, 3.63) is 71.8 Å². The molecule has 0 bridgehead atoms. The van der Waals surface area contributed by atoms with Gasteiger partial charge < -0.3 is 25.0 Å². The molecule has 174 valence electrons. The lowest BCUT2D eigenvalue weighted by atomic mass is 10.2. The van der Waals surface area contributed by atoms with Gasteiger partial charge >= 0.3 is 12.1 Å². The number of nitrogens with zero attached hydrogens (tertiary/aromatic N) is 1. The van der Waals surface area contributed by atoms with Gasteiger partial charge in [-0.1, -0.05) is 60.7 Å². The van der Waals surface area contributed by atoms with Crippen LogP contribution in [0.25, 0.3) is 0 Å². The number of ether oxygens (including phenoxy) is 2. The van der Waals surface area contributed by atoms with Crippen LogP contribution < -0.4 is 10.6 Å². The smallest absolute Gasteiger partial charge is 0.407 e. The minimum absolute atomic E-state index is 0.0868. The fraction of sp³-hybridized carbons (Fsp3) is 0.333. The van der Waals surface area contributed by atoms with Crippen molar-refractivity contribution < 1.29 is 28.7 Å². The van der Waals surface area contributed by atoms with Crippen LogP contribution in [-0.4, -0.2) is 54.5 Å². The average molecular weight is 453 g/mol. The number of rotatable bonds is 9. The molecule has 3 amide bonds. The molecule has 0 unspecified atom stereocenters. The van der Waals surface area contributed by atoms with Crippen LogP contribution in [-0.2, 0) is 37.1 Å². The van der Waals surface area contributed by atoms with E-state index in [-0.39, 0.29) is 32.2 Å². The molecule has 9 nitrogen and oxygen atoms in total. The van der Waals surface area contributed by atoms with E-state index in [1.807, 2.05) is 60.7 Å². The lowest BCUT2D eigenvalue weighted by molar-refractivity contribution is -0.154. The van der Waals surface area contributed by atoms with E-state index in [0.717, 1.165) is 11.1 Å². The van der Waals surface area contributed by atoms with Crippen molar-refractivity contribution in [1.82, 2.24) is 15.5 Å². The minimum atomic E-state index is -0.735. The second kappa shape index (κ2) is 12.2. The molecule has 1 aliphatic heterocycles. The second-order valence-corrected chi connectivity index (χ2v) is 7.53. The van der Waals surface area contributed by atoms with E-state index in [4.69, 9.17) is 9.47 Å². The number of nitrogens with one attached hydrogen (secondary N) is 2. The van der Waals surface area contributed by atoms with Gasteiger partial charge in [-0.15, -0.1) is 0 Å². The maximum absolute atomic E-state index is 12.5. The van der Waals surface area contributed by atoms with Gasteiger partial charge in [0.1, 0.15) is 25.8 Å². The Kier molecular flexibility index (Phi) is 8.81. The first-order valence-corrected chi connectivity index (χ1v) is 10.7. The molecule has 0 radical (unpaired) electrons. The van der Waals surface area contributed by atoms with Gasteiger partial charge in [0, 0.05) is 6.54 Å². The largest absolute Gasteiger partial charge is 0.459 e. The summed E-state index contributed by atoms with van der Waals surface area (Å²) in [6, 6.07) is 17.8. The van der Waals surface area contributed by atoms with Crippen LogP contribution in [0, 0.1) is 0 Å². The van der Waals surface area contributed by atoms with Gasteiger partial charge in [0.15, 0.2) is 0 Å². The predicted molar refractivity (Wildman–Crippen MR) is 119 cm³/mol. The minimum Gasteiger partial charge on any atom is -0.459 e. The fourth-order valence-electron chi connectivity index (χ4n) is 3.40. The van der Waals surface area contributed by atoms with Gasteiger partial charge in [-0.2, -0.15) is 0 Å². The zero-order chi connectivity index (χ0) is 23.5. The SMILES string of the molecule is O=C(CNC(=O)OCc1ccccc1)NCC(=O)N1CCC[C@H]1C(=O)OCc1ccccc1. The number of hydrogen-bond donors (Lipinski definition) is 2. The molecule has 33 heavy (non-hydrogen) atoms. The second-order valence-electron chi connectivity index (χ2n) is 7.53. The number of hydrogen-bond acceptors (Lipinski definition) is 6. The zero-order valence-electron chi connectivity index (χ0n) is 18.2. The molecule has 2 N–H and O–H groups in total. The summed E-state index contributed by atoms with van der Waals surface area (Å²) >= 11 is 0. The monoisotopic (exact) mass is 453 g/mol. The Morgan fingerprint density at radius 2 is 1.42 bits per heavy atom. The summed E-state index contributed by atoms with van der Waals surface area (Å²) in [7, 11) is 0. The molecule has 0 saturated carbocycles. The van der Waals surface area contributed by atoms with Crippen LogP contribution in [0.2, 0.25) is 0 Å². The maximum atomic E-state index is 12.5. The number of esters is 1. The molecule has 1 heterocycles. The highest BCUT2D eigenvalue weighted by atomic mass is 16.5.